The average Bonchev–Trinajstić information content (AvgIpc) is 2.42. The van der Waals surface area contributed by atoms with E-state index in [0.717, 1.165) is 6.42 Å². The quantitative estimate of drug-likeness (QED) is 0.695. The maximum absolute atomic E-state index is 2.35. The number of rotatable bonds is 2. The highest BCUT2D eigenvalue weighted by Gasteiger charge is 2.06. The van der Waals surface area contributed by atoms with E-state index in [1.807, 2.05) is 0 Å². The van der Waals surface area contributed by atoms with E-state index in [0.29, 0.717) is 9.52 Å². The molecule has 2 aromatic carbocycles. The zero-order valence-electron chi connectivity index (χ0n) is 11.4. The lowest BCUT2D eigenvalue weighted by molar-refractivity contribution is 1.07. The van der Waals surface area contributed by atoms with Gasteiger partial charge in [-0.05, 0) is 28.3 Å². The highest BCUT2D eigenvalue weighted by atomic mass is 28.2. The second-order valence-corrected chi connectivity index (χ2v) is 6.53. The molecule has 0 nitrogen and oxygen atoms in total. The van der Waals surface area contributed by atoms with Crippen LogP contribution in [0.2, 0.25) is 12.6 Å². The first kappa shape index (κ1) is 13.1. The van der Waals surface area contributed by atoms with Gasteiger partial charge < -0.3 is 0 Å². The minimum atomic E-state index is 0.414. The molecule has 0 saturated heterocycles. The lowest BCUT2D eigenvalue weighted by Crippen LogP contribution is -1.91. The second kappa shape index (κ2) is 6.55. The fraction of sp³-hybridized carbons (Fsp3) is 0.294. The van der Waals surface area contributed by atoms with Crippen LogP contribution in [0, 0.1) is 0 Å². The van der Waals surface area contributed by atoms with Crippen molar-refractivity contribution in [2.75, 3.05) is 0 Å². The molecule has 0 spiro atoms. The standard InChI is InChI=1S/C13H10.C4H12Si/c1-4-10-6-2-8-12-9-3-7-11(5-1)13(10)12;1-3-4-5-2/h1-8H,9H2;3-5H2,1-2H3. The summed E-state index contributed by atoms with van der Waals surface area (Å²) in [5.41, 5.74) is 2.81. The Balaban J connectivity index is 0.000000209. The van der Waals surface area contributed by atoms with Crippen molar-refractivity contribution in [1.82, 2.24) is 0 Å². The molecule has 0 bridgehead atoms. The van der Waals surface area contributed by atoms with Crippen molar-refractivity contribution < 1.29 is 0 Å². The molecular weight excluding hydrogens is 232 g/mol. The maximum atomic E-state index is 2.35. The topological polar surface area (TPSA) is 0 Å². The van der Waals surface area contributed by atoms with E-state index in [1.165, 1.54) is 34.4 Å². The van der Waals surface area contributed by atoms with Gasteiger partial charge in [-0.2, -0.15) is 0 Å². The Kier molecular flexibility index (Phi) is 4.77. The van der Waals surface area contributed by atoms with Crippen molar-refractivity contribution in [2.24, 2.45) is 0 Å². The van der Waals surface area contributed by atoms with Crippen LogP contribution in [0.4, 0.5) is 0 Å². The molecule has 0 amide bonds. The van der Waals surface area contributed by atoms with E-state index in [-0.39, 0.29) is 0 Å². The molecule has 0 saturated carbocycles. The Morgan fingerprint density at radius 1 is 1.11 bits per heavy atom. The largest absolute Gasteiger partial charge is 0.0795 e. The first-order chi connectivity index (χ1) is 8.86. The molecule has 94 valence electrons. The van der Waals surface area contributed by atoms with E-state index in [2.05, 4.69) is 62.0 Å². The molecule has 0 aliphatic heterocycles. The van der Waals surface area contributed by atoms with Gasteiger partial charge in [-0.15, -0.1) is 0 Å². The minimum absolute atomic E-state index is 0.414. The Labute approximate surface area is 113 Å². The van der Waals surface area contributed by atoms with Crippen LogP contribution in [0.1, 0.15) is 24.5 Å². The number of benzene rings is 2. The van der Waals surface area contributed by atoms with Crippen LogP contribution in [0.5, 0.6) is 0 Å². The lowest BCUT2D eigenvalue weighted by atomic mass is 9.93. The summed E-state index contributed by atoms with van der Waals surface area (Å²) in [7, 11) is 0.414. The summed E-state index contributed by atoms with van der Waals surface area (Å²) in [5.74, 6) is 0. The Hall–Kier alpha value is -1.34. The molecule has 18 heavy (non-hydrogen) atoms. The molecule has 0 unspecified atom stereocenters. The molecule has 0 N–H and O–H groups in total. The maximum Gasteiger partial charge on any atom is 0.0166 e. The molecule has 1 aliphatic rings. The van der Waals surface area contributed by atoms with E-state index < -0.39 is 0 Å². The van der Waals surface area contributed by atoms with Crippen LogP contribution in [0.15, 0.2) is 42.5 Å². The smallest absolute Gasteiger partial charge is 0.0166 e. The van der Waals surface area contributed by atoms with Crippen molar-refractivity contribution in [1.29, 1.82) is 0 Å². The predicted octanol–water partition coefficient (Wildman–Crippen LogP) is 4.44. The number of hydrogen-bond acceptors (Lipinski definition) is 0. The van der Waals surface area contributed by atoms with Gasteiger partial charge in [-0.25, -0.2) is 0 Å². The van der Waals surface area contributed by atoms with Crippen LogP contribution in [0.3, 0.4) is 0 Å². The van der Waals surface area contributed by atoms with E-state index in [9.17, 15) is 0 Å². The summed E-state index contributed by atoms with van der Waals surface area (Å²) in [6.07, 6.45) is 6.93. The van der Waals surface area contributed by atoms with Crippen molar-refractivity contribution in [3.05, 3.63) is 53.6 Å². The summed E-state index contributed by atoms with van der Waals surface area (Å²) in [4.78, 5) is 0. The van der Waals surface area contributed by atoms with E-state index in [4.69, 9.17) is 0 Å². The Morgan fingerprint density at radius 2 is 1.89 bits per heavy atom. The van der Waals surface area contributed by atoms with Gasteiger partial charge in [0.1, 0.15) is 0 Å². The Bertz CT molecular complexity index is 533. The van der Waals surface area contributed by atoms with Crippen LogP contribution >= 0.6 is 0 Å². The van der Waals surface area contributed by atoms with Gasteiger partial charge in [0.05, 0.1) is 0 Å². The highest BCUT2D eigenvalue weighted by molar-refractivity contribution is 6.33. The summed E-state index contributed by atoms with van der Waals surface area (Å²) < 4.78 is 0. The fourth-order valence-corrected chi connectivity index (χ4v) is 3.13. The zero-order valence-corrected chi connectivity index (χ0v) is 12.9. The Morgan fingerprint density at radius 3 is 2.56 bits per heavy atom. The summed E-state index contributed by atoms with van der Waals surface area (Å²) >= 11 is 0. The predicted molar refractivity (Wildman–Crippen MR) is 86.2 cm³/mol. The van der Waals surface area contributed by atoms with Gasteiger partial charge in [0.2, 0.25) is 0 Å². The van der Waals surface area contributed by atoms with Gasteiger partial charge in [-0.1, -0.05) is 74.5 Å². The second-order valence-electron chi connectivity index (χ2n) is 4.82. The normalized spacial score (nSPS) is 12.8. The lowest BCUT2D eigenvalue weighted by Gasteiger charge is -2.11. The van der Waals surface area contributed by atoms with Crippen molar-refractivity contribution in [2.45, 2.75) is 32.4 Å². The molecule has 3 rings (SSSR count). The van der Waals surface area contributed by atoms with Gasteiger partial charge in [0.15, 0.2) is 0 Å². The van der Waals surface area contributed by atoms with Gasteiger partial charge in [0.25, 0.3) is 0 Å². The first-order valence-corrected chi connectivity index (χ1v) is 9.45. The third-order valence-corrected chi connectivity index (χ3v) is 4.78. The number of hydrogen-bond donors (Lipinski definition) is 0. The molecule has 0 atom stereocenters. The molecule has 0 aromatic heterocycles. The molecule has 1 aliphatic carbocycles. The summed E-state index contributed by atoms with van der Waals surface area (Å²) in [5, 5.41) is 2.80. The summed E-state index contributed by atoms with van der Waals surface area (Å²) in [6, 6.07) is 14.6. The molecular formula is C17H22Si. The first-order valence-electron chi connectivity index (χ1n) is 7.04. The molecule has 0 heterocycles. The van der Waals surface area contributed by atoms with Gasteiger partial charge in [-0.3, -0.25) is 0 Å². The highest BCUT2D eigenvalue weighted by Crippen LogP contribution is 2.27. The van der Waals surface area contributed by atoms with Crippen LogP contribution in [-0.4, -0.2) is 9.52 Å². The molecule has 0 fully saturated rings. The van der Waals surface area contributed by atoms with Gasteiger partial charge >= 0.3 is 0 Å². The zero-order chi connectivity index (χ0) is 12.8. The number of allylic oxidation sites excluding steroid dienone is 1. The third-order valence-electron chi connectivity index (χ3n) is 3.37. The summed E-state index contributed by atoms with van der Waals surface area (Å²) in [6.45, 7) is 4.60. The van der Waals surface area contributed by atoms with Crippen molar-refractivity contribution in [3.63, 3.8) is 0 Å². The SMILES string of the molecule is C1=Cc2cccc3cccc(c23)C1.CCC[SiH2]C. The van der Waals surface area contributed by atoms with Crippen LogP contribution in [-0.2, 0) is 6.42 Å². The van der Waals surface area contributed by atoms with Crippen molar-refractivity contribution >= 4 is 26.4 Å². The average molecular weight is 254 g/mol. The fourth-order valence-electron chi connectivity index (χ4n) is 2.43. The molecule has 2 aromatic rings. The van der Waals surface area contributed by atoms with E-state index >= 15 is 0 Å². The van der Waals surface area contributed by atoms with E-state index in [1.54, 1.807) is 0 Å². The van der Waals surface area contributed by atoms with Crippen molar-refractivity contribution in [3.8, 4) is 0 Å². The monoisotopic (exact) mass is 254 g/mol. The van der Waals surface area contributed by atoms with Gasteiger partial charge in [0, 0.05) is 9.52 Å². The third kappa shape index (κ3) is 2.91. The molecule has 1 heteroatoms. The van der Waals surface area contributed by atoms with Crippen LogP contribution < -0.4 is 0 Å². The molecule has 0 radical (unpaired) electrons. The minimum Gasteiger partial charge on any atom is -0.0795 e. The van der Waals surface area contributed by atoms with Crippen LogP contribution in [0.25, 0.3) is 16.8 Å².